The number of hydrogen-bond acceptors (Lipinski definition) is 3. The maximum atomic E-state index is 13.4. The average Bonchev–Trinajstić information content (AvgIpc) is 2.43. The van der Waals surface area contributed by atoms with Crippen LogP contribution >= 0.6 is 15.9 Å². The van der Waals surface area contributed by atoms with Gasteiger partial charge in [-0.15, -0.1) is 0 Å². The van der Waals surface area contributed by atoms with Gasteiger partial charge in [0.05, 0.1) is 0 Å². The lowest BCUT2D eigenvalue weighted by atomic mass is 10.1. The molecule has 1 N–H and O–H groups in total. The number of hydrogen-bond donors (Lipinski definition) is 1. The van der Waals surface area contributed by atoms with Gasteiger partial charge < -0.3 is 5.32 Å². The van der Waals surface area contributed by atoms with Crippen LogP contribution in [-0.2, 0) is 0 Å². The molecule has 0 aliphatic heterocycles. The fraction of sp³-hybridized carbons (Fsp3) is 0.333. The van der Waals surface area contributed by atoms with E-state index in [9.17, 15) is 4.39 Å². The molecule has 2 rings (SSSR count). The molecule has 0 amide bonds. The first-order valence-corrected chi connectivity index (χ1v) is 7.36. The first-order chi connectivity index (χ1) is 9.52. The Morgan fingerprint density at radius 2 is 2.00 bits per heavy atom. The summed E-state index contributed by atoms with van der Waals surface area (Å²) in [6.07, 6.45) is 1.02. The Kier molecular flexibility index (Phi) is 4.70. The minimum Gasteiger partial charge on any atom is -0.370 e. The molecular weight excluding hydrogens is 321 g/mol. The average molecular weight is 338 g/mol. The summed E-state index contributed by atoms with van der Waals surface area (Å²) >= 11 is 3.42. The molecule has 0 atom stereocenters. The quantitative estimate of drug-likeness (QED) is 0.893. The third kappa shape index (κ3) is 3.15. The molecule has 0 unspecified atom stereocenters. The first kappa shape index (κ1) is 14.9. The Hall–Kier alpha value is -1.49. The zero-order chi connectivity index (χ0) is 14.7. The van der Waals surface area contributed by atoms with Gasteiger partial charge in [0, 0.05) is 27.8 Å². The lowest BCUT2D eigenvalue weighted by Gasteiger charge is -2.12. The van der Waals surface area contributed by atoms with Gasteiger partial charge in [-0.1, -0.05) is 22.9 Å². The van der Waals surface area contributed by atoms with E-state index in [1.807, 2.05) is 13.8 Å². The van der Waals surface area contributed by atoms with E-state index in [0.29, 0.717) is 11.4 Å². The number of benzene rings is 1. The predicted octanol–water partition coefficient (Wildman–Crippen LogP) is 4.48. The Morgan fingerprint density at radius 3 is 2.70 bits per heavy atom. The highest BCUT2D eigenvalue weighted by atomic mass is 79.9. The fourth-order valence-electron chi connectivity index (χ4n) is 1.83. The van der Waals surface area contributed by atoms with Crippen molar-refractivity contribution in [2.45, 2.75) is 27.2 Å². The maximum Gasteiger partial charge on any atom is 0.163 e. The van der Waals surface area contributed by atoms with Crippen LogP contribution in [-0.4, -0.2) is 16.5 Å². The minimum absolute atomic E-state index is 0.298. The van der Waals surface area contributed by atoms with E-state index in [2.05, 4.69) is 38.1 Å². The van der Waals surface area contributed by atoms with Gasteiger partial charge in [0.2, 0.25) is 0 Å². The molecule has 0 radical (unpaired) electrons. The van der Waals surface area contributed by atoms with Gasteiger partial charge >= 0.3 is 0 Å². The van der Waals surface area contributed by atoms with Crippen molar-refractivity contribution in [1.29, 1.82) is 0 Å². The zero-order valence-electron chi connectivity index (χ0n) is 11.8. The molecule has 106 valence electrons. The normalized spacial score (nSPS) is 10.7. The van der Waals surface area contributed by atoms with Crippen molar-refractivity contribution < 1.29 is 4.39 Å². The third-order valence-electron chi connectivity index (χ3n) is 3.10. The second-order valence-electron chi connectivity index (χ2n) is 4.66. The first-order valence-electron chi connectivity index (χ1n) is 6.57. The van der Waals surface area contributed by atoms with E-state index in [-0.39, 0.29) is 5.82 Å². The molecule has 0 fully saturated rings. The highest BCUT2D eigenvalue weighted by Crippen LogP contribution is 2.28. The van der Waals surface area contributed by atoms with Gasteiger partial charge in [0.15, 0.2) is 5.82 Å². The van der Waals surface area contributed by atoms with Crippen LogP contribution in [0.2, 0.25) is 0 Å². The van der Waals surface area contributed by atoms with Crippen LogP contribution in [0.15, 0.2) is 22.7 Å². The lowest BCUT2D eigenvalue weighted by molar-refractivity contribution is 0.628. The number of aryl methyl sites for hydroxylation is 1. The second-order valence-corrected chi connectivity index (χ2v) is 5.51. The van der Waals surface area contributed by atoms with Crippen LogP contribution in [0, 0.1) is 19.7 Å². The summed E-state index contributed by atoms with van der Waals surface area (Å²) in [7, 11) is 0. The van der Waals surface area contributed by atoms with Gasteiger partial charge in [-0.05, 0) is 38.5 Å². The summed E-state index contributed by atoms with van der Waals surface area (Å²) in [5.74, 6) is 1.04. The van der Waals surface area contributed by atoms with Crippen molar-refractivity contribution in [1.82, 2.24) is 9.97 Å². The molecule has 0 bridgehead atoms. The molecule has 0 saturated carbocycles. The fourth-order valence-corrected chi connectivity index (χ4v) is 2.26. The monoisotopic (exact) mass is 337 g/mol. The van der Waals surface area contributed by atoms with E-state index >= 15 is 0 Å². The summed E-state index contributed by atoms with van der Waals surface area (Å²) in [5, 5.41) is 3.29. The summed E-state index contributed by atoms with van der Waals surface area (Å²) in [5.41, 5.74) is 2.58. The van der Waals surface area contributed by atoms with Crippen LogP contribution in [0.3, 0.4) is 0 Å². The van der Waals surface area contributed by atoms with Crippen LogP contribution < -0.4 is 5.32 Å². The van der Waals surface area contributed by atoms with Gasteiger partial charge in [0.25, 0.3) is 0 Å². The number of nitrogens with zero attached hydrogens (tertiary/aromatic N) is 2. The number of anilines is 1. The van der Waals surface area contributed by atoms with Crippen molar-refractivity contribution >= 4 is 21.7 Å². The second kappa shape index (κ2) is 6.31. The third-order valence-corrected chi connectivity index (χ3v) is 3.79. The van der Waals surface area contributed by atoms with Crippen molar-refractivity contribution in [3.63, 3.8) is 0 Å². The molecule has 20 heavy (non-hydrogen) atoms. The van der Waals surface area contributed by atoms with Gasteiger partial charge in [-0.2, -0.15) is 0 Å². The SMILES string of the molecule is CCCNc1nc(-c2cc(F)ccc2Br)nc(C)c1C. The van der Waals surface area contributed by atoms with E-state index in [1.165, 1.54) is 12.1 Å². The molecule has 5 heteroatoms. The van der Waals surface area contributed by atoms with E-state index in [1.54, 1.807) is 6.07 Å². The summed E-state index contributed by atoms with van der Waals surface area (Å²) in [4.78, 5) is 8.99. The standard InChI is InChI=1S/C15H17BrFN3/c1-4-7-18-14-9(2)10(3)19-15(20-14)12-8-11(17)5-6-13(12)16/h5-6,8H,4,7H2,1-3H3,(H,18,19,20). The number of halogens is 2. The zero-order valence-corrected chi connectivity index (χ0v) is 13.4. The van der Waals surface area contributed by atoms with E-state index in [0.717, 1.165) is 34.5 Å². The van der Waals surface area contributed by atoms with Gasteiger partial charge in [0.1, 0.15) is 11.6 Å². The summed E-state index contributed by atoms with van der Waals surface area (Å²) < 4.78 is 14.2. The van der Waals surface area contributed by atoms with Crippen molar-refractivity contribution in [2.24, 2.45) is 0 Å². The highest BCUT2D eigenvalue weighted by molar-refractivity contribution is 9.10. The molecule has 3 nitrogen and oxygen atoms in total. The number of nitrogens with one attached hydrogen (secondary N) is 1. The largest absolute Gasteiger partial charge is 0.370 e. The molecule has 0 spiro atoms. The summed E-state index contributed by atoms with van der Waals surface area (Å²) in [6, 6.07) is 4.52. The van der Waals surface area contributed by atoms with Crippen LogP contribution in [0.4, 0.5) is 10.2 Å². The molecule has 1 aromatic heterocycles. The predicted molar refractivity (Wildman–Crippen MR) is 83.4 cm³/mol. The van der Waals surface area contributed by atoms with Crippen LogP contribution in [0.25, 0.3) is 11.4 Å². The molecule has 2 aromatic rings. The molecule has 0 aliphatic carbocycles. The lowest BCUT2D eigenvalue weighted by Crippen LogP contribution is -2.07. The van der Waals surface area contributed by atoms with Crippen molar-refractivity contribution in [3.05, 3.63) is 39.7 Å². The Bertz CT molecular complexity index is 629. The highest BCUT2D eigenvalue weighted by Gasteiger charge is 2.12. The van der Waals surface area contributed by atoms with Gasteiger partial charge in [-0.25, -0.2) is 14.4 Å². The molecule has 1 heterocycles. The van der Waals surface area contributed by atoms with Gasteiger partial charge in [-0.3, -0.25) is 0 Å². The molecule has 0 aliphatic rings. The Morgan fingerprint density at radius 1 is 1.25 bits per heavy atom. The number of aromatic nitrogens is 2. The minimum atomic E-state index is -0.298. The van der Waals surface area contributed by atoms with Crippen molar-refractivity contribution in [2.75, 3.05) is 11.9 Å². The van der Waals surface area contributed by atoms with E-state index in [4.69, 9.17) is 0 Å². The molecule has 0 saturated heterocycles. The van der Waals surface area contributed by atoms with Crippen molar-refractivity contribution in [3.8, 4) is 11.4 Å². The molecule has 1 aromatic carbocycles. The Labute approximate surface area is 126 Å². The Balaban J connectivity index is 2.51. The molecular formula is C15H17BrFN3. The maximum absolute atomic E-state index is 13.4. The van der Waals surface area contributed by atoms with Crippen LogP contribution in [0.1, 0.15) is 24.6 Å². The van der Waals surface area contributed by atoms with Crippen LogP contribution in [0.5, 0.6) is 0 Å². The number of rotatable bonds is 4. The van der Waals surface area contributed by atoms with E-state index < -0.39 is 0 Å². The smallest absolute Gasteiger partial charge is 0.163 e. The summed E-state index contributed by atoms with van der Waals surface area (Å²) in [6.45, 7) is 6.87. The topological polar surface area (TPSA) is 37.8 Å².